The number of anilines is 1. The van der Waals surface area contributed by atoms with Gasteiger partial charge in [0, 0.05) is 11.1 Å². The summed E-state index contributed by atoms with van der Waals surface area (Å²) in [5.74, 6) is -1.21. The maximum absolute atomic E-state index is 12.7. The van der Waals surface area contributed by atoms with Gasteiger partial charge in [0.05, 0.1) is 10.9 Å². The van der Waals surface area contributed by atoms with Crippen molar-refractivity contribution in [3.63, 3.8) is 0 Å². The molecule has 0 saturated carbocycles. The van der Waals surface area contributed by atoms with Gasteiger partial charge in [-0.25, -0.2) is 9.78 Å². The van der Waals surface area contributed by atoms with Crippen molar-refractivity contribution in [3.8, 4) is 0 Å². The molecule has 0 spiro atoms. The van der Waals surface area contributed by atoms with Crippen molar-refractivity contribution in [2.75, 3.05) is 5.32 Å². The van der Waals surface area contributed by atoms with Gasteiger partial charge in [-0.15, -0.1) is 11.3 Å². The molecule has 0 radical (unpaired) electrons. The second-order valence-electron chi connectivity index (χ2n) is 6.05. The Hall–Kier alpha value is -3.00. The molecule has 0 aliphatic rings. The Morgan fingerprint density at radius 3 is 2.69 bits per heavy atom. The zero-order valence-electron chi connectivity index (χ0n) is 14.5. The fourth-order valence-electron chi connectivity index (χ4n) is 2.67. The molecule has 2 N–H and O–H groups in total. The van der Waals surface area contributed by atoms with Gasteiger partial charge >= 0.3 is 5.97 Å². The van der Waals surface area contributed by atoms with Crippen LogP contribution in [-0.2, 0) is 11.3 Å². The van der Waals surface area contributed by atoms with E-state index < -0.39 is 11.5 Å². The zero-order chi connectivity index (χ0) is 19.0. The Labute approximate surface area is 152 Å². The number of amides is 1. The fraction of sp³-hybridized carbons (Fsp3) is 0.222. The SMILES string of the molecule is Cc1ccc(C)c(NC(=O)Cn2c(C)nc3scc(C(=O)O)c3c2=O)c1. The molecular formula is C18H17N3O4S. The Morgan fingerprint density at radius 2 is 2.00 bits per heavy atom. The third kappa shape index (κ3) is 3.23. The van der Waals surface area contributed by atoms with E-state index in [1.807, 2.05) is 32.0 Å². The highest BCUT2D eigenvalue weighted by molar-refractivity contribution is 7.17. The molecule has 0 aliphatic carbocycles. The average Bonchev–Trinajstić information content (AvgIpc) is 2.99. The molecule has 1 amide bonds. The van der Waals surface area contributed by atoms with Crippen molar-refractivity contribution in [1.29, 1.82) is 0 Å². The van der Waals surface area contributed by atoms with Crippen molar-refractivity contribution in [1.82, 2.24) is 9.55 Å². The lowest BCUT2D eigenvalue weighted by atomic mass is 10.1. The number of hydrogen-bond donors (Lipinski definition) is 2. The van der Waals surface area contributed by atoms with Crippen LogP contribution in [0.2, 0.25) is 0 Å². The van der Waals surface area contributed by atoms with E-state index in [1.54, 1.807) is 6.92 Å². The molecule has 0 atom stereocenters. The molecule has 3 aromatic rings. The quantitative estimate of drug-likeness (QED) is 0.734. The molecule has 3 rings (SSSR count). The summed E-state index contributed by atoms with van der Waals surface area (Å²) in [5, 5.41) is 13.5. The largest absolute Gasteiger partial charge is 0.478 e. The van der Waals surface area contributed by atoms with E-state index in [0.29, 0.717) is 16.3 Å². The second-order valence-corrected chi connectivity index (χ2v) is 6.91. The van der Waals surface area contributed by atoms with E-state index >= 15 is 0 Å². The van der Waals surface area contributed by atoms with Gasteiger partial charge in [0.15, 0.2) is 0 Å². The fourth-order valence-corrected chi connectivity index (χ4v) is 3.62. The zero-order valence-corrected chi connectivity index (χ0v) is 15.3. The number of carboxylic acid groups (broad SMARTS) is 1. The van der Waals surface area contributed by atoms with Crippen LogP contribution in [0, 0.1) is 20.8 Å². The number of hydrogen-bond acceptors (Lipinski definition) is 5. The molecule has 134 valence electrons. The molecule has 0 bridgehead atoms. The summed E-state index contributed by atoms with van der Waals surface area (Å²) in [6.07, 6.45) is 0. The van der Waals surface area contributed by atoms with Crippen LogP contribution in [-0.4, -0.2) is 26.5 Å². The molecule has 0 unspecified atom stereocenters. The maximum atomic E-state index is 12.7. The lowest BCUT2D eigenvalue weighted by molar-refractivity contribution is -0.116. The lowest BCUT2D eigenvalue weighted by Gasteiger charge is -2.12. The number of fused-ring (bicyclic) bond motifs is 1. The Morgan fingerprint density at radius 1 is 1.27 bits per heavy atom. The van der Waals surface area contributed by atoms with E-state index in [0.717, 1.165) is 22.5 Å². The van der Waals surface area contributed by atoms with Crippen LogP contribution in [0.25, 0.3) is 10.2 Å². The summed E-state index contributed by atoms with van der Waals surface area (Å²) in [7, 11) is 0. The van der Waals surface area contributed by atoms with Crippen molar-refractivity contribution >= 4 is 39.1 Å². The van der Waals surface area contributed by atoms with Crippen LogP contribution in [0.3, 0.4) is 0 Å². The molecule has 2 aromatic heterocycles. The molecule has 7 nitrogen and oxygen atoms in total. The first kappa shape index (κ1) is 17.8. The molecule has 26 heavy (non-hydrogen) atoms. The monoisotopic (exact) mass is 371 g/mol. The highest BCUT2D eigenvalue weighted by atomic mass is 32.1. The third-order valence-corrected chi connectivity index (χ3v) is 4.96. The number of aromatic nitrogens is 2. The lowest BCUT2D eigenvalue weighted by Crippen LogP contribution is -2.30. The first-order valence-corrected chi connectivity index (χ1v) is 8.75. The van der Waals surface area contributed by atoms with Gasteiger partial charge in [0.2, 0.25) is 5.91 Å². The van der Waals surface area contributed by atoms with Gasteiger partial charge in [-0.2, -0.15) is 0 Å². The minimum atomic E-state index is -1.19. The highest BCUT2D eigenvalue weighted by Gasteiger charge is 2.19. The number of aryl methyl sites for hydroxylation is 3. The molecular weight excluding hydrogens is 354 g/mol. The van der Waals surface area contributed by atoms with Crippen LogP contribution in [0.4, 0.5) is 5.69 Å². The van der Waals surface area contributed by atoms with E-state index in [9.17, 15) is 19.5 Å². The molecule has 0 aliphatic heterocycles. The number of carbonyl (C=O) groups is 2. The highest BCUT2D eigenvalue weighted by Crippen LogP contribution is 2.22. The van der Waals surface area contributed by atoms with Crippen molar-refractivity contribution in [2.45, 2.75) is 27.3 Å². The predicted octanol–water partition coefficient (Wildman–Crippen LogP) is 2.72. The minimum absolute atomic E-state index is 0.0348. The van der Waals surface area contributed by atoms with Gasteiger partial charge in [0.25, 0.3) is 5.56 Å². The molecule has 0 saturated heterocycles. The number of carbonyl (C=O) groups excluding carboxylic acids is 1. The van der Waals surface area contributed by atoms with Crippen molar-refractivity contribution in [2.24, 2.45) is 0 Å². The van der Waals surface area contributed by atoms with Gasteiger partial charge < -0.3 is 10.4 Å². The summed E-state index contributed by atoms with van der Waals surface area (Å²) < 4.78 is 1.20. The Balaban J connectivity index is 1.96. The maximum Gasteiger partial charge on any atom is 0.337 e. The van der Waals surface area contributed by atoms with E-state index in [2.05, 4.69) is 10.3 Å². The molecule has 8 heteroatoms. The van der Waals surface area contributed by atoms with E-state index in [-0.39, 0.29) is 23.4 Å². The van der Waals surface area contributed by atoms with Gasteiger partial charge in [-0.05, 0) is 38.0 Å². The Bertz CT molecular complexity index is 1100. The normalized spacial score (nSPS) is 10.9. The standard InChI is InChI=1S/C18H17N3O4S/c1-9-4-5-10(2)13(6-9)20-14(22)7-21-11(3)19-16-15(17(21)23)12(8-26-16)18(24)25/h4-6,8H,7H2,1-3H3,(H,20,22)(H,24,25). The van der Waals surface area contributed by atoms with Crippen LogP contribution >= 0.6 is 11.3 Å². The number of carboxylic acids is 1. The number of rotatable bonds is 4. The van der Waals surface area contributed by atoms with Gasteiger partial charge in [0.1, 0.15) is 17.2 Å². The number of thiophene rings is 1. The first-order valence-electron chi connectivity index (χ1n) is 7.87. The smallest absolute Gasteiger partial charge is 0.337 e. The van der Waals surface area contributed by atoms with Crippen LogP contribution in [0.5, 0.6) is 0 Å². The van der Waals surface area contributed by atoms with Crippen LogP contribution < -0.4 is 10.9 Å². The summed E-state index contributed by atoms with van der Waals surface area (Å²) >= 11 is 1.10. The summed E-state index contributed by atoms with van der Waals surface area (Å²) in [6, 6.07) is 5.70. The third-order valence-electron chi connectivity index (χ3n) is 4.08. The topological polar surface area (TPSA) is 101 Å². The first-order chi connectivity index (χ1) is 12.3. The molecule has 1 aromatic carbocycles. The number of nitrogens with zero attached hydrogens (tertiary/aromatic N) is 2. The Kier molecular flexibility index (Phi) is 4.60. The summed E-state index contributed by atoms with van der Waals surface area (Å²) in [5.41, 5.74) is 1.98. The van der Waals surface area contributed by atoms with E-state index in [4.69, 9.17) is 0 Å². The minimum Gasteiger partial charge on any atom is -0.478 e. The van der Waals surface area contributed by atoms with Crippen molar-refractivity contribution < 1.29 is 14.7 Å². The van der Waals surface area contributed by atoms with Gasteiger partial charge in [-0.3, -0.25) is 14.2 Å². The number of nitrogens with one attached hydrogen (secondary N) is 1. The molecule has 0 fully saturated rings. The molecule has 2 heterocycles. The van der Waals surface area contributed by atoms with Crippen LogP contribution in [0.15, 0.2) is 28.4 Å². The average molecular weight is 371 g/mol. The number of aromatic carboxylic acids is 1. The summed E-state index contributed by atoms with van der Waals surface area (Å²) in [6.45, 7) is 5.18. The van der Waals surface area contributed by atoms with Crippen molar-refractivity contribution in [3.05, 3.63) is 56.4 Å². The number of benzene rings is 1. The van der Waals surface area contributed by atoms with E-state index in [1.165, 1.54) is 9.95 Å². The second kappa shape index (κ2) is 6.72. The predicted molar refractivity (Wildman–Crippen MR) is 100 cm³/mol. The van der Waals surface area contributed by atoms with Crippen LogP contribution in [0.1, 0.15) is 27.3 Å². The summed E-state index contributed by atoms with van der Waals surface area (Å²) in [4.78, 5) is 41.1. The van der Waals surface area contributed by atoms with Gasteiger partial charge in [-0.1, -0.05) is 12.1 Å².